The van der Waals surface area contributed by atoms with E-state index in [0.29, 0.717) is 10.5 Å². The van der Waals surface area contributed by atoms with Gasteiger partial charge in [-0.3, -0.25) is 9.97 Å². The Hall–Kier alpha value is -2.59. The zero-order chi connectivity index (χ0) is 15.1. The first-order valence-corrected chi connectivity index (χ1v) is 7.24. The summed E-state index contributed by atoms with van der Waals surface area (Å²) in [6.45, 7) is 1.93. The van der Waals surface area contributed by atoms with Gasteiger partial charge in [-0.15, -0.1) is 5.10 Å². The molecule has 2 heterocycles. The second-order valence-corrected chi connectivity index (χ2v) is 5.49. The lowest BCUT2D eigenvalue weighted by Crippen LogP contribution is -1.85. The fourth-order valence-corrected chi connectivity index (χ4v) is 2.83. The molecule has 0 aliphatic rings. The van der Waals surface area contributed by atoms with Gasteiger partial charge < -0.3 is 0 Å². The molecule has 0 atom stereocenters. The zero-order valence-electron chi connectivity index (χ0n) is 11.8. The Bertz CT molecular complexity index is 999. The molecule has 4 nitrogen and oxygen atoms in total. The summed E-state index contributed by atoms with van der Waals surface area (Å²) in [5.74, 6) is 0. The highest BCUT2D eigenvalue weighted by Crippen LogP contribution is 2.33. The fourth-order valence-electron chi connectivity index (χ4n) is 2.58. The predicted octanol–water partition coefficient (Wildman–Crippen LogP) is 4.20. The van der Waals surface area contributed by atoms with Crippen molar-refractivity contribution in [3.05, 3.63) is 59.5 Å². The van der Waals surface area contributed by atoms with E-state index in [1.165, 1.54) is 0 Å². The molecule has 0 amide bonds. The number of fused-ring (bicyclic) bond motifs is 3. The molecule has 4 aromatic rings. The van der Waals surface area contributed by atoms with Gasteiger partial charge in [0.15, 0.2) is 0 Å². The van der Waals surface area contributed by atoms with E-state index in [4.69, 9.17) is 16.6 Å². The standard InChI is InChI=1S/C17H11ClN4/c1-10-8-19-16-12(7-14(18)17-13(16)9-20-22-17)15(21-10)11-5-3-2-4-6-11/h2-9H,1H3. The maximum atomic E-state index is 6.36. The minimum absolute atomic E-state index is 0.560. The van der Waals surface area contributed by atoms with Gasteiger partial charge in [0.1, 0.15) is 5.52 Å². The molecule has 0 bridgehead atoms. The lowest BCUT2D eigenvalue weighted by Gasteiger charge is -2.03. The molecule has 22 heavy (non-hydrogen) atoms. The highest BCUT2D eigenvalue weighted by molar-refractivity contribution is 6.37. The summed E-state index contributed by atoms with van der Waals surface area (Å²) in [6, 6.07) is 11.9. The van der Waals surface area contributed by atoms with Crippen molar-refractivity contribution in [1.82, 2.24) is 20.2 Å². The first-order valence-electron chi connectivity index (χ1n) is 6.87. The van der Waals surface area contributed by atoms with E-state index in [1.54, 1.807) is 12.4 Å². The number of aryl methyl sites for hydroxylation is 1. The Balaban J connectivity index is 2.23. The molecule has 0 spiro atoms. The predicted molar refractivity (Wildman–Crippen MR) is 87.8 cm³/mol. The molecule has 0 aliphatic heterocycles. The molecular formula is C17H11ClN4. The average molecular weight is 307 g/mol. The Morgan fingerprint density at radius 3 is 2.59 bits per heavy atom. The smallest absolute Gasteiger partial charge is 0.115 e. The second kappa shape index (κ2) is 5.00. The van der Waals surface area contributed by atoms with Gasteiger partial charge in [-0.2, -0.15) is 5.10 Å². The number of aromatic nitrogens is 4. The summed E-state index contributed by atoms with van der Waals surface area (Å²) >= 11 is 6.36. The molecule has 106 valence electrons. The monoisotopic (exact) mass is 306 g/mol. The third kappa shape index (κ3) is 2.00. The maximum Gasteiger partial charge on any atom is 0.115 e. The summed E-state index contributed by atoms with van der Waals surface area (Å²) in [4.78, 5) is 9.27. The number of nitrogens with zero attached hydrogens (tertiary/aromatic N) is 4. The number of benzene rings is 2. The van der Waals surface area contributed by atoms with E-state index >= 15 is 0 Å². The molecular weight excluding hydrogens is 296 g/mol. The van der Waals surface area contributed by atoms with Crippen LogP contribution in [0.2, 0.25) is 5.02 Å². The van der Waals surface area contributed by atoms with Crippen LogP contribution in [0.1, 0.15) is 5.69 Å². The molecule has 0 fully saturated rings. The summed E-state index contributed by atoms with van der Waals surface area (Å²) in [6.07, 6.45) is 3.45. The van der Waals surface area contributed by atoms with Gasteiger partial charge in [0.25, 0.3) is 0 Å². The Morgan fingerprint density at radius 1 is 0.955 bits per heavy atom. The van der Waals surface area contributed by atoms with Gasteiger partial charge in [0.05, 0.1) is 33.5 Å². The number of hydrogen-bond acceptors (Lipinski definition) is 4. The number of halogens is 1. The van der Waals surface area contributed by atoms with Crippen molar-refractivity contribution in [2.24, 2.45) is 0 Å². The summed E-state index contributed by atoms with van der Waals surface area (Å²) in [5.41, 5.74) is 4.20. The highest BCUT2D eigenvalue weighted by atomic mass is 35.5. The third-order valence-electron chi connectivity index (χ3n) is 3.58. The van der Waals surface area contributed by atoms with Crippen LogP contribution < -0.4 is 0 Å². The van der Waals surface area contributed by atoms with Crippen molar-refractivity contribution < 1.29 is 0 Å². The lowest BCUT2D eigenvalue weighted by atomic mass is 10.1. The minimum atomic E-state index is 0.560. The molecule has 0 N–H and O–H groups in total. The molecule has 0 saturated carbocycles. The van der Waals surface area contributed by atoms with Gasteiger partial charge in [-0.1, -0.05) is 41.9 Å². The lowest BCUT2D eigenvalue weighted by molar-refractivity contribution is 1.12. The second-order valence-electron chi connectivity index (χ2n) is 5.09. The molecule has 0 aliphatic carbocycles. The third-order valence-corrected chi connectivity index (χ3v) is 3.87. The van der Waals surface area contributed by atoms with Crippen LogP contribution in [0.15, 0.2) is 48.8 Å². The van der Waals surface area contributed by atoms with Crippen molar-refractivity contribution in [2.75, 3.05) is 0 Å². The Labute approximate surface area is 131 Å². The van der Waals surface area contributed by atoms with Crippen LogP contribution in [-0.4, -0.2) is 20.2 Å². The largest absolute Gasteiger partial charge is 0.254 e. The van der Waals surface area contributed by atoms with Crippen LogP contribution in [-0.2, 0) is 0 Å². The molecule has 2 aromatic carbocycles. The van der Waals surface area contributed by atoms with Crippen molar-refractivity contribution >= 4 is 33.4 Å². The normalized spacial score (nSPS) is 11.2. The van der Waals surface area contributed by atoms with Crippen LogP contribution in [0.3, 0.4) is 0 Å². The minimum Gasteiger partial charge on any atom is -0.254 e. The van der Waals surface area contributed by atoms with Crippen molar-refractivity contribution in [1.29, 1.82) is 0 Å². The van der Waals surface area contributed by atoms with E-state index in [9.17, 15) is 0 Å². The van der Waals surface area contributed by atoms with Gasteiger partial charge in [0, 0.05) is 17.1 Å². The van der Waals surface area contributed by atoms with Crippen LogP contribution in [0.4, 0.5) is 0 Å². The Morgan fingerprint density at radius 2 is 1.77 bits per heavy atom. The summed E-state index contributed by atoms with van der Waals surface area (Å²) in [7, 11) is 0. The first kappa shape index (κ1) is 13.1. The van der Waals surface area contributed by atoms with Crippen LogP contribution in [0, 0.1) is 6.92 Å². The molecule has 0 unspecified atom stereocenters. The van der Waals surface area contributed by atoms with E-state index in [-0.39, 0.29) is 0 Å². The molecule has 0 radical (unpaired) electrons. The van der Waals surface area contributed by atoms with Crippen LogP contribution in [0.25, 0.3) is 33.1 Å². The van der Waals surface area contributed by atoms with E-state index in [2.05, 4.69) is 15.2 Å². The summed E-state index contributed by atoms with van der Waals surface area (Å²) in [5, 5.41) is 10.3. The Kier molecular flexibility index (Phi) is 2.98. The van der Waals surface area contributed by atoms with Crippen molar-refractivity contribution in [2.45, 2.75) is 6.92 Å². The van der Waals surface area contributed by atoms with Crippen molar-refractivity contribution in [3.63, 3.8) is 0 Å². The van der Waals surface area contributed by atoms with Gasteiger partial charge in [-0.25, -0.2) is 0 Å². The summed E-state index contributed by atoms with van der Waals surface area (Å²) < 4.78 is 0. The first-order chi connectivity index (χ1) is 10.7. The van der Waals surface area contributed by atoms with Crippen LogP contribution in [0.5, 0.6) is 0 Å². The van der Waals surface area contributed by atoms with Crippen molar-refractivity contribution in [3.8, 4) is 11.3 Å². The molecule has 5 heteroatoms. The molecule has 2 aromatic heterocycles. The van der Waals surface area contributed by atoms with E-state index in [0.717, 1.165) is 33.2 Å². The maximum absolute atomic E-state index is 6.36. The topological polar surface area (TPSA) is 51.6 Å². The van der Waals surface area contributed by atoms with Gasteiger partial charge in [0.2, 0.25) is 0 Å². The van der Waals surface area contributed by atoms with Gasteiger partial charge >= 0.3 is 0 Å². The fraction of sp³-hybridized carbons (Fsp3) is 0.0588. The molecule has 0 saturated heterocycles. The van der Waals surface area contributed by atoms with E-state index < -0.39 is 0 Å². The average Bonchev–Trinajstić information content (AvgIpc) is 2.97. The van der Waals surface area contributed by atoms with Gasteiger partial charge in [-0.05, 0) is 13.0 Å². The SMILES string of the molecule is Cc1cnc2c(cc(Cl)c3nncc32)c(-c2ccccc2)n1. The quantitative estimate of drug-likeness (QED) is 0.529. The van der Waals surface area contributed by atoms with Crippen LogP contribution >= 0.6 is 11.6 Å². The number of rotatable bonds is 1. The highest BCUT2D eigenvalue weighted by Gasteiger charge is 2.13. The zero-order valence-corrected chi connectivity index (χ0v) is 12.5. The number of hydrogen-bond donors (Lipinski definition) is 0. The van der Waals surface area contributed by atoms with E-state index in [1.807, 2.05) is 43.3 Å². The molecule has 4 rings (SSSR count).